The molecule has 4 nitrogen and oxygen atoms in total. The van der Waals surface area contributed by atoms with Crippen LogP contribution in [-0.2, 0) is 11.3 Å². The van der Waals surface area contributed by atoms with E-state index in [1.54, 1.807) is 17.9 Å². The highest BCUT2D eigenvalue weighted by Crippen LogP contribution is 2.17. The molecule has 17 heavy (non-hydrogen) atoms. The third kappa shape index (κ3) is 4.24. The van der Waals surface area contributed by atoms with E-state index in [2.05, 4.69) is 0 Å². The topological polar surface area (TPSA) is 55.6 Å². The molecule has 1 rings (SSSR count). The Labute approximate surface area is 106 Å². The molecule has 1 amide bonds. The molecule has 0 bridgehead atoms. The molecule has 1 aromatic rings. The number of hydrogen-bond donors (Lipinski definition) is 1. The van der Waals surface area contributed by atoms with E-state index in [4.69, 9.17) is 22.1 Å². The molecular weight excluding hydrogens is 240 g/mol. The highest BCUT2D eigenvalue weighted by Gasteiger charge is 2.15. The van der Waals surface area contributed by atoms with Crippen LogP contribution >= 0.6 is 11.6 Å². The number of amides is 1. The third-order valence-electron chi connectivity index (χ3n) is 2.24. The number of benzene rings is 1. The van der Waals surface area contributed by atoms with Gasteiger partial charge in [0.1, 0.15) is 0 Å². The van der Waals surface area contributed by atoms with Crippen LogP contribution in [0.2, 0.25) is 5.02 Å². The Morgan fingerprint density at radius 3 is 2.76 bits per heavy atom. The number of halogens is 1. The Hall–Kier alpha value is -1.26. The summed E-state index contributed by atoms with van der Waals surface area (Å²) in [6, 6.07) is 7.41. The lowest BCUT2D eigenvalue weighted by atomic mass is 10.2. The Kier molecular flexibility index (Phi) is 5.80. The Balaban J connectivity index is 2.73. The summed E-state index contributed by atoms with van der Waals surface area (Å²) >= 11 is 6.04. The lowest BCUT2D eigenvalue weighted by Gasteiger charge is -2.21. The van der Waals surface area contributed by atoms with Crippen molar-refractivity contribution in [2.45, 2.75) is 13.5 Å². The molecule has 0 saturated heterocycles. The van der Waals surface area contributed by atoms with E-state index in [9.17, 15) is 4.79 Å². The molecule has 0 unspecified atom stereocenters. The molecule has 1 aromatic carbocycles. The van der Waals surface area contributed by atoms with Gasteiger partial charge in [-0.25, -0.2) is 4.79 Å². The molecule has 0 radical (unpaired) electrons. The molecule has 0 spiro atoms. The summed E-state index contributed by atoms with van der Waals surface area (Å²) in [6.45, 7) is 3.37. The van der Waals surface area contributed by atoms with Crippen LogP contribution in [0.15, 0.2) is 24.3 Å². The Morgan fingerprint density at radius 1 is 1.47 bits per heavy atom. The highest BCUT2D eigenvalue weighted by atomic mass is 35.5. The number of nitrogens with two attached hydrogens (primary N) is 1. The van der Waals surface area contributed by atoms with E-state index in [1.165, 1.54) is 0 Å². The van der Waals surface area contributed by atoms with Crippen molar-refractivity contribution in [2.75, 3.05) is 19.7 Å². The van der Waals surface area contributed by atoms with Gasteiger partial charge in [0.15, 0.2) is 0 Å². The maximum absolute atomic E-state index is 11.7. The predicted octanol–water partition coefficient (Wildman–Crippen LogP) is 2.26. The minimum absolute atomic E-state index is 0.350. The van der Waals surface area contributed by atoms with Crippen molar-refractivity contribution in [3.05, 3.63) is 34.9 Å². The first kappa shape index (κ1) is 13.8. The molecule has 0 saturated carbocycles. The van der Waals surface area contributed by atoms with Crippen molar-refractivity contribution >= 4 is 17.7 Å². The van der Waals surface area contributed by atoms with Crippen LogP contribution in [0.4, 0.5) is 4.79 Å². The average molecular weight is 257 g/mol. The SMILES string of the molecule is CCOC(=O)N(CCN)Cc1ccccc1Cl. The summed E-state index contributed by atoms with van der Waals surface area (Å²) < 4.78 is 4.96. The van der Waals surface area contributed by atoms with Gasteiger partial charge >= 0.3 is 6.09 Å². The van der Waals surface area contributed by atoms with Gasteiger partial charge in [-0.2, -0.15) is 0 Å². The second-order valence-corrected chi connectivity index (χ2v) is 3.91. The molecule has 0 heterocycles. The van der Waals surface area contributed by atoms with Gasteiger partial charge in [0.2, 0.25) is 0 Å². The highest BCUT2D eigenvalue weighted by molar-refractivity contribution is 6.31. The fraction of sp³-hybridized carbons (Fsp3) is 0.417. The monoisotopic (exact) mass is 256 g/mol. The van der Waals surface area contributed by atoms with Crippen LogP contribution < -0.4 is 5.73 Å². The maximum Gasteiger partial charge on any atom is 0.410 e. The Morgan fingerprint density at radius 2 is 2.18 bits per heavy atom. The molecule has 0 aliphatic rings. The fourth-order valence-electron chi connectivity index (χ4n) is 1.44. The van der Waals surface area contributed by atoms with Crippen molar-refractivity contribution in [1.29, 1.82) is 0 Å². The lowest BCUT2D eigenvalue weighted by molar-refractivity contribution is 0.106. The van der Waals surface area contributed by atoms with Crippen LogP contribution in [0, 0.1) is 0 Å². The molecule has 0 fully saturated rings. The third-order valence-corrected chi connectivity index (χ3v) is 2.61. The zero-order chi connectivity index (χ0) is 12.7. The summed E-state index contributed by atoms with van der Waals surface area (Å²) in [5.41, 5.74) is 6.36. The van der Waals surface area contributed by atoms with Crippen LogP contribution in [0.25, 0.3) is 0 Å². The standard InChI is InChI=1S/C12H17ClN2O2/c1-2-17-12(16)15(8-7-14)9-10-5-3-4-6-11(10)13/h3-6H,2,7-9,14H2,1H3. The molecule has 94 valence electrons. The van der Waals surface area contributed by atoms with Crippen LogP contribution in [-0.4, -0.2) is 30.7 Å². The zero-order valence-corrected chi connectivity index (χ0v) is 10.6. The largest absolute Gasteiger partial charge is 0.450 e. The van der Waals surface area contributed by atoms with Crippen LogP contribution in [0.1, 0.15) is 12.5 Å². The molecule has 0 aliphatic heterocycles. The first-order chi connectivity index (χ1) is 8.19. The second-order valence-electron chi connectivity index (χ2n) is 3.50. The van der Waals surface area contributed by atoms with Gasteiger partial charge in [0.05, 0.1) is 13.2 Å². The van der Waals surface area contributed by atoms with Crippen molar-refractivity contribution in [3.63, 3.8) is 0 Å². The summed E-state index contributed by atoms with van der Waals surface area (Å²) in [7, 11) is 0. The summed E-state index contributed by atoms with van der Waals surface area (Å²) in [5, 5.41) is 0.638. The summed E-state index contributed by atoms with van der Waals surface area (Å²) in [4.78, 5) is 13.2. The molecular formula is C12H17ClN2O2. The first-order valence-corrected chi connectivity index (χ1v) is 5.92. The number of nitrogens with zero attached hydrogens (tertiary/aromatic N) is 1. The van der Waals surface area contributed by atoms with Crippen LogP contribution in [0.3, 0.4) is 0 Å². The quantitative estimate of drug-likeness (QED) is 0.879. The van der Waals surface area contributed by atoms with E-state index in [0.717, 1.165) is 5.56 Å². The number of ether oxygens (including phenoxy) is 1. The first-order valence-electron chi connectivity index (χ1n) is 5.54. The van der Waals surface area contributed by atoms with Gasteiger partial charge in [-0.05, 0) is 18.6 Å². The van der Waals surface area contributed by atoms with Crippen LogP contribution in [0.5, 0.6) is 0 Å². The minimum atomic E-state index is -0.363. The number of rotatable bonds is 5. The normalized spacial score (nSPS) is 10.1. The average Bonchev–Trinajstić information content (AvgIpc) is 2.31. The van der Waals surface area contributed by atoms with E-state index in [-0.39, 0.29) is 6.09 Å². The second kappa shape index (κ2) is 7.14. The number of hydrogen-bond acceptors (Lipinski definition) is 3. The van der Waals surface area contributed by atoms with Gasteiger partial charge in [-0.3, -0.25) is 0 Å². The Bertz CT molecular complexity index is 371. The predicted molar refractivity (Wildman–Crippen MR) is 67.9 cm³/mol. The molecule has 0 aromatic heterocycles. The molecule has 5 heteroatoms. The van der Waals surface area contributed by atoms with Gasteiger partial charge in [-0.15, -0.1) is 0 Å². The van der Waals surface area contributed by atoms with E-state index in [1.807, 2.05) is 18.2 Å². The summed E-state index contributed by atoms with van der Waals surface area (Å²) in [6.07, 6.45) is -0.363. The molecule has 0 atom stereocenters. The summed E-state index contributed by atoms with van der Waals surface area (Å²) in [5.74, 6) is 0. The van der Waals surface area contributed by atoms with Gasteiger partial charge in [0, 0.05) is 18.1 Å². The van der Waals surface area contributed by atoms with Crippen molar-refractivity contribution in [1.82, 2.24) is 4.90 Å². The maximum atomic E-state index is 11.7. The minimum Gasteiger partial charge on any atom is -0.450 e. The van der Waals surface area contributed by atoms with Gasteiger partial charge in [0.25, 0.3) is 0 Å². The van der Waals surface area contributed by atoms with E-state index in [0.29, 0.717) is 31.3 Å². The van der Waals surface area contributed by atoms with Crippen molar-refractivity contribution < 1.29 is 9.53 Å². The number of carbonyl (C=O) groups excluding carboxylic acids is 1. The lowest BCUT2D eigenvalue weighted by Crippen LogP contribution is -2.35. The van der Waals surface area contributed by atoms with E-state index >= 15 is 0 Å². The van der Waals surface area contributed by atoms with E-state index < -0.39 is 0 Å². The van der Waals surface area contributed by atoms with Crippen molar-refractivity contribution in [2.24, 2.45) is 5.73 Å². The van der Waals surface area contributed by atoms with Gasteiger partial charge < -0.3 is 15.4 Å². The van der Waals surface area contributed by atoms with Gasteiger partial charge in [-0.1, -0.05) is 29.8 Å². The fourth-order valence-corrected chi connectivity index (χ4v) is 1.63. The zero-order valence-electron chi connectivity index (χ0n) is 9.86. The molecule has 0 aliphatic carbocycles. The molecule has 2 N–H and O–H groups in total. The smallest absolute Gasteiger partial charge is 0.410 e. The van der Waals surface area contributed by atoms with Crippen molar-refractivity contribution in [3.8, 4) is 0 Å². The number of carbonyl (C=O) groups is 1.